The Morgan fingerprint density at radius 3 is 2.54 bits per heavy atom. The Labute approximate surface area is 222 Å². The fraction of sp³-hybridized carbons (Fsp3) is 0.552. The van der Waals surface area contributed by atoms with Gasteiger partial charge < -0.3 is 19.6 Å². The number of likely N-dealkylation sites (tertiary alicyclic amines) is 1. The highest BCUT2D eigenvalue weighted by Crippen LogP contribution is 2.61. The molecule has 7 nitrogen and oxygen atoms in total. The standard InChI is InChI=1S/C29H36N2O5S/c1-17(2)20(16-32)31-25-27(34)30(24-18(3)10-8-11-19(24)4)14-9-13-29(25)23(26(31)33)22-21(37-29)12-6-5-7-15-36-28(22)35/h6,8-13,17,20-23,25,32H,5,7,14-16H2,1-4H3/b12-6-/t20-,21+,22-,23-,25?,29-/m0/s1. The van der Waals surface area contributed by atoms with E-state index in [1.165, 1.54) is 11.8 Å². The van der Waals surface area contributed by atoms with Crippen molar-refractivity contribution in [2.45, 2.75) is 62.6 Å². The topological polar surface area (TPSA) is 87.2 Å². The molecule has 0 bridgehead atoms. The first-order valence-electron chi connectivity index (χ1n) is 13.2. The number of allylic oxidation sites excluding steroid dienone is 1. The molecule has 1 N–H and O–H groups in total. The Morgan fingerprint density at radius 2 is 1.86 bits per heavy atom. The number of aryl methyl sites for hydroxylation is 2. The number of para-hydroxylation sites is 1. The van der Waals surface area contributed by atoms with E-state index in [2.05, 4.69) is 6.08 Å². The van der Waals surface area contributed by atoms with E-state index in [9.17, 15) is 19.5 Å². The van der Waals surface area contributed by atoms with Crippen molar-refractivity contribution in [1.82, 2.24) is 4.90 Å². The third kappa shape index (κ3) is 4.04. The summed E-state index contributed by atoms with van der Waals surface area (Å²) in [5.74, 6) is -2.30. The van der Waals surface area contributed by atoms with E-state index in [0.717, 1.165) is 29.7 Å². The average molecular weight is 525 g/mol. The molecule has 4 aliphatic rings. The first-order valence-corrected chi connectivity index (χ1v) is 14.1. The molecule has 1 aromatic rings. The van der Waals surface area contributed by atoms with Gasteiger partial charge in [0.2, 0.25) is 5.91 Å². The zero-order valence-electron chi connectivity index (χ0n) is 21.9. The molecule has 4 heterocycles. The number of fused-ring (bicyclic) bond motifs is 2. The summed E-state index contributed by atoms with van der Waals surface area (Å²) >= 11 is 1.54. The number of carbonyl (C=O) groups is 3. The molecule has 8 heteroatoms. The third-order valence-electron chi connectivity index (χ3n) is 8.31. The van der Waals surface area contributed by atoms with Crippen molar-refractivity contribution in [3.8, 4) is 0 Å². The minimum Gasteiger partial charge on any atom is -0.465 e. The molecule has 2 saturated heterocycles. The lowest BCUT2D eigenvalue weighted by molar-refractivity contribution is -0.153. The summed E-state index contributed by atoms with van der Waals surface area (Å²) in [6.45, 7) is 8.30. The van der Waals surface area contributed by atoms with Gasteiger partial charge in [-0.3, -0.25) is 14.4 Å². The highest BCUT2D eigenvalue weighted by atomic mass is 32.2. The van der Waals surface area contributed by atoms with Crippen LogP contribution in [0.4, 0.5) is 5.69 Å². The van der Waals surface area contributed by atoms with Crippen LogP contribution in [0.15, 0.2) is 42.5 Å². The molecular formula is C29H36N2O5S. The second-order valence-corrected chi connectivity index (χ2v) is 12.4. The Balaban J connectivity index is 1.68. The molecule has 2 fully saturated rings. The van der Waals surface area contributed by atoms with Gasteiger partial charge in [0.05, 0.1) is 35.8 Å². The van der Waals surface area contributed by atoms with Gasteiger partial charge in [-0.25, -0.2) is 0 Å². The second kappa shape index (κ2) is 9.95. The summed E-state index contributed by atoms with van der Waals surface area (Å²) in [6, 6.07) is 4.56. The number of aliphatic hydroxyl groups excluding tert-OH is 1. The minimum atomic E-state index is -0.931. The van der Waals surface area contributed by atoms with Crippen molar-refractivity contribution >= 4 is 35.2 Å². The summed E-state index contributed by atoms with van der Waals surface area (Å²) < 4.78 is 4.70. The normalized spacial score (nSPS) is 33.2. The number of ether oxygens (including phenoxy) is 1. The van der Waals surface area contributed by atoms with Crippen LogP contribution >= 0.6 is 11.8 Å². The predicted octanol–water partition coefficient (Wildman–Crippen LogP) is 3.41. The third-order valence-corrected chi connectivity index (χ3v) is 10.1. The van der Waals surface area contributed by atoms with Crippen molar-refractivity contribution in [2.24, 2.45) is 17.8 Å². The molecule has 5 rings (SSSR count). The van der Waals surface area contributed by atoms with Crippen LogP contribution in [0.25, 0.3) is 0 Å². The molecule has 198 valence electrons. The zero-order valence-corrected chi connectivity index (χ0v) is 22.7. The number of carbonyl (C=O) groups excluding carboxylic acids is 3. The lowest BCUT2D eigenvalue weighted by atomic mass is 9.78. The van der Waals surface area contributed by atoms with E-state index in [-0.39, 0.29) is 35.6 Å². The number of benzene rings is 1. The summed E-state index contributed by atoms with van der Waals surface area (Å²) in [6.07, 6.45) is 9.62. The van der Waals surface area contributed by atoms with Crippen LogP contribution in [-0.2, 0) is 19.1 Å². The highest BCUT2D eigenvalue weighted by molar-refractivity contribution is 8.02. The first kappa shape index (κ1) is 26.0. The maximum Gasteiger partial charge on any atom is 0.311 e. The lowest BCUT2D eigenvalue weighted by Gasteiger charge is -2.40. The smallest absolute Gasteiger partial charge is 0.311 e. The highest BCUT2D eigenvalue weighted by Gasteiger charge is 2.72. The number of aliphatic hydroxyl groups is 1. The van der Waals surface area contributed by atoms with Crippen LogP contribution in [-0.4, -0.2) is 69.6 Å². The number of esters is 1. The molecule has 37 heavy (non-hydrogen) atoms. The van der Waals surface area contributed by atoms with Crippen molar-refractivity contribution in [2.75, 3.05) is 24.7 Å². The van der Waals surface area contributed by atoms with Crippen molar-refractivity contribution in [3.05, 3.63) is 53.6 Å². The summed E-state index contributed by atoms with van der Waals surface area (Å²) in [5, 5.41) is 10.1. The molecule has 4 aliphatic heterocycles. The number of thioether (sulfide) groups is 1. The summed E-state index contributed by atoms with van der Waals surface area (Å²) in [5.41, 5.74) is 2.81. The first-order chi connectivity index (χ1) is 17.7. The maximum absolute atomic E-state index is 14.6. The van der Waals surface area contributed by atoms with Gasteiger partial charge >= 0.3 is 5.97 Å². The van der Waals surface area contributed by atoms with Crippen molar-refractivity contribution in [1.29, 1.82) is 0 Å². The molecule has 0 radical (unpaired) electrons. The van der Waals surface area contributed by atoms with Gasteiger partial charge in [0.25, 0.3) is 5.91 Å². The minimum absolute atomic E-state index is 0.0771. The van der Waals surface area contributed by atoms with E-state index >= 15 is 0 Å². The van der Waals surface area contributed by atoms with E-state index < -0.39 is 28.7 Å². The Kier molecular flexibility index (Phi) is 7.00. The predicted molar refractivity (Wildman–Crippen MR) is 144 cm³/mol. The molecule has 1 unspecified atom stereocenters. The Bertz CT molecular complexity index is 1140. The number of amides is 2. The van der Waals surface area contributed by atoms with Crippen LogP contribution in [0.3, 0.4) is 0 Å². The Hall–Kier alpha value is -2.58. The molecule has 0 saturated carbocycles. The van der Waals surface area contributed by atoms with Crippen molar-refractivity contribution in [3.63, 3.8) is 0 Å². The number of hydrogen-bond donors (Lipinski definition) is 1. The molecule has 1 aromatic carbocycles. The van der Waals surface area contributed by atoms with Crippen LogP contribution in [0.2, 0.25) is 0 Å². The maximum atomic E-state index is 14.6. The van der Waals surface area contributed by atoms with E-state index in [1.54, 1.807) is 9.80 Å². The van der Waals surface area contributed by atoms with Crippen LogP contribution in [0.5, 0.6) is 0 Å². The van der Waals surface area contributed by atoms with Crippen LogP contribution < -0.4 is 4.90 Å². The average Bonchev–Trinajstić information content (AvgIpc) is 3.26. The lowest BCUT2D eigenvalue weighted by Crippen LogP contribution is -2.58. The van der Waals surface area contributed by atoms with Gasteiger partial charge in [0.1, 0.15) is 6.04 Å². The van der Waals surface area contributed by atoms with Gasteiger partial charge in [-0.2, -0.15) is 0 Å². The second-order valence-electron chi connectivity index (χ2n) is 10.9. The fourth-order valence-corrected chi connectivity index (χ4v) is 8.59. The molecule has 0 aromatic heterocycles. The molecule has 0 aliphatic carbocycles. The molecule has 1 spiro atoms. The van der Waals surface area contributed by atoms with Gasteiger partial charge in [0.15, 0.2) is 0 Å². The van der Waals surface area contributed by atoms with E-state index in [1.807, 2.05) is 64.1 Å². The molecule has 2 amide bonds. The Morgan fingerprint density at radius 1 is 1.14 bits per heavy atom. The fourth-order valence-electron chi connectivity index (χ4n) is 6.60. The number of rotatable bonds is 4. The van der Waals surface area contributed by atoms with E-state index in [0.29, 0.717) is 13.2 Å². The monoisotopic (exact) mass is 524 g/mol. The number of nitrogens with zero attached hydrogens (tertiary/aromatic N) is 2. The van der Waals surface area contributed by atoms with Gasteiger partial charge in [0, 0.05) is 17.5 Å². The van der Waals surface area contributed by atoms with Crippen molar-refractivity contribution < 1.29 is 24.2 Å². The molecule has 6 atom stereocenters. The SMILES string of the molecule is Cc1cccc(C)c1N1CC=C[C@]23S[C@@H]4/C=C\CCCOC(=O)[C@@H]4[C@H]2C(=O)N([C@@H](CO)C(C)C)C3C1=O. The van der Waals surface area contributed by atoms with Gasteiger partial charge in [-0.15, -0.1) is 11.8 Å². The largest absolute Gasteiger partial charge is 0.465 e. The summed E-state index contributed by atoms with van der Waals surface area (Å²) in [7, 11) is 0. The summed E-state index contributed by atoms with van der Waals surface area (Å²) in [4.78, 5) is 45.7. The van der Waals surface area contributed by atoms with Gasteiger partial charge in [-0.05, 0) is 43.7 Å². The van der Waals surface area contributed by atoms with Crippen LogP contribution in [0.1, 0.15) is 37.8 Å². The molecular weight excluding hydrogens is 488 g/mol. The number of cyclic esters (lactones) is 1. The quantitative estimate of drug-likeness (QED) is 0.480. The zero-order chi connectivity index (χ0) is 26.5. The van der Waals surface area contributed by atoms with Gasteiger partial charge in [-0.1, -0.05) is 56.4 Å². The number of hydrogen-bond acceptors (Lipinski definition) is 6. The number of anilines is 1. The van der Waals surface area contributed by atoms with Crippen LogP contribution in [0, 0.1) is 31.6 Å². The van der Waals surface area contributed by atoms with E-state index in [4.69, 9.17) is 4.74 Å².